The van der Waals surface area contributed by atoms with Gasteiger partial charge >= 0.3 is 0 Å². The van der Waals surface area contributed by atoms with E-state index in [1.165, 1.54) is 47.7 Å². The van der Waals surface area contributed by atoms with E-state index >= 15 is 0 Å². The first-order valence-corrected chi connectivity index (χ1v) is 19.2. The lowest BCUT2D eigenvalue weighted by molar-refractivity contribution is 1.74. The minimum Gasteiger partial charge on any atom is -0.0622 e. The zero-order valence-electron chi connectivity index (χ0n) is 24.9. The second kappa shape index (κ2) is 14.3. The summed E-state index contributed by atoms with van der Waals surface area (Å²) in [6, 6.07) is 74.1. The molecule has 0 heterocycles. The second-order valence-electron chi connectivity index (χ2n) is 10.7. The molecular formula is C42H33P3. The van der Waals surface area contributed by atoms with Gasteiger partial charge in [0, 0.05) is 0 Å². The van der Waals surface area contributed by atoms with Crippen molar-refractivity contribution in [3.05, 3.63) is 200 Å². The molecular weight excluding hydrogens is 597 g/mol. The maximum Gasteiger partial charge on any atom is -0.00610 e. The van der Waals surface area contributed by atoms with Crippen molar-refractivity contribution in [2.24, 2.45) is 0 Å². The van der Waals surface area contributed by atoms with Crippen molar-refractivity contribution in [2.75, 3.05) is 0 Å². The van der Waals surface area contributed by atoms with Gasteiger partial charge in [-0.1, -0.05) is 194 Å². The molecule has 0 aliphatic heterocycles. The van der Waals surface area contributed by atoms with Crippen LogP contribution >= 0.6 is 23.8 Å². The molecule has 0 aromatic heterocycles. The van der Waals surface area contributed by atoms with Crippen LogP contribution in [0, 0.1) is 0 Å². The standard InChI is InChI=1S/C42H33P3/c1-7-19-34(20-8-1)43(35-21-9-2-10-22-35)40-31-32-41(44(36-23-11-3-12-24-36)37-25-13-4-14-26-37)42(33-40)45(38-27-15-5-16-28-38)39-29-17-6-18-30-39/h1-33H. The third-order valence-electron chi connectivity index (χ3n) is 7.79. The Morgan fingerprint density at radius 1 is 0.200 bits per heavy atom. The van der Waals surface area contributed by atoms with Gasteiger partial charge in [-0.15, -0.1) is 0 Å². The van der Waals surface area contributed by atoms with Crippen LogP contribution in [0.3, 0.4) is 0 Å². The van der Waals surface area contributed by atoms with Gasteiger partial charge in [0.25, 0.3) is 0 Å². The third-order valence-corrected chi connectivity index (χ3v) is 15.4. The van der Waals surface area contributed by atoms with Crippen molar-refractivity contribution in [2.45, 2.75) is 0 Å². The van der Waals surface area contributed by atoms with Crippen molar-refractivity contribution in [3.8, 4) is 0 Å². The fourth-order valence-corrected chi connectivity index (χ4v) is 13.5. The monoisotopic (exact) mass is 630 g/mol. The Hall–Kier alpha value is -4.17. The first-order chi connectivity index (χ1) is 22.4. The topological polar surface area (TPSA) is 0 Å². The highest BCUT2D eigenvalue weighted by molar-refractivity contribution is 7.85. The minimum atomic E-state index is -0.832. The van der Waals surface area contributed by atoms with Crippen LogP contribution in [0.25, 0.3) is 0 Å². The number of benzene rings is 7. The molecule has 7 aromatic rings. The first kappa shape index (κ1) is 29.5. The fraction of sp³-hybridized carbons (Fsp3) is 0. The molecule has 0 saturated heterocycles. The van der Waals surface area contributed by atoms with Crippen molar-refractivity contribution >= 4 is 71.5 Å². The Kier molecular flexibility index (Phi) is 9.38. The highest BCUT2D eigenvalue weighted by atomic mass is 31.1. The predicted octanol–water partition coefficient (Wildman–Crippen LogP) is 6.96. The van der Waals surface area contributed by atoms with Gasteiger partial charge < -0.3 is 0 Å². The SMILES string of the molecule is c1ccc(P(c2ccccc2)c2ccc(P(c3ccccc3)c3ccccc3)c(P(c3ccccc3)c3ccccc3)c2)cc1. The second-order valence-corrected chi connectivity index (χ2v) is 17.3. The highest BCUT2D eigenvalue weighted by Gasteiger charge is 2.28. The summed E-state index contributed by atoms with van der Waals surface area (Å²) < 4.78 is 0. The van der Waals surface area contributed by atoms with E-state index in [2.05, 4.69) is 200 Å². The van der Waals surface area contributed by atoms with E-state index in [0.29, 0.717) is 0 Å². The summed E-state index contributed by atoms with van der Waals surface area (Å²) in [5.41, 5.74) is 0. The first-order valence-electron chi connectivity index (χ1n) is 15.2. The molecule has 216 valence electrons. The van der Waals surface area contributed by atoms with Crippen LogP contribution in [-0.4, -0.2) is 0 Å². The summed E-state index contributed by atoms with van der Waals surface area (Å²) in [5.74, 6) is 0. The fourth-order valence-electron chi connectivity index (χ4n) is 5.78. The van der Waals surface area contributed by atoms with E-state index in [9.17, 15) is 0 Å². The lowest BCUT2D eigenvalue weighted by Gasteiger charge is -2.29. The number of hydrogen-bond donors (Lipinski definition) is 0. The van der Waals surface area contributed by atoms with E-state index in [-0.39, 0.29) is 0 Å². The number of rotatable bonds is 9. The van der Waals surface area contributed by atoms with Crippen LogP contribution in [0.5, 0.6) is 0 Å². The molecule has 3 heteroatoms. The molecule has 0 spiro atoms. The molecule has 0 unspecified atom stereocenters. The Morgan fingerprint density at radius 3 is 0.778 bits per heavy atom. The zero-order chi connectivity index (χ0) is 30.3. The van der Waals surface area contributed by atoms with Gasteiger partial charge in [0.15, 0.2) is 0 Å². The molecule has 0 aliphatic rings. The van der Waals surface area contributed by atoms with Crippen molar-refractivity contribution in [3.63, 3.8) is 0 Å². The van der Waals surface area contributed by atoms with Gasteiger partial charge in [0.1, 0.15) is 0 Å². The summed E-state index contributed by atoms with van der Waals surface area (Å²) in [6.45, 7) is 0. The Morgan fingerprint density at radius 2 is 0.467 bits per heavy atom. The van der Waals surface area contributed by atoms with Gasteiger partial charge in [-0.2, -0.15) is 0 Å². The van der Waals surface area contributed by atoms with Gasteiger partial charge in [0.05, 0.1) is 0 Å². The lowest BCUT2D eigenvalue weighted by Crippen LogP contribution is -2.37. The Labute approximate surface area is 270 Å². The van der Waals surface area contributed by atoms with E-state index in [1.807, 2.05) is 0 Å². The van der Waals surface area contributed by atoms with Gasteiger partial charge in [-0.25, -0.2) is 0 Å². The van der Waals surface area contributed by atoms with Gasteiger partial charge in [-0.05, 0) is 77.6 Å². The van der Waals surface area contributed by atoms with Crippen LogP contribution in [0.2, 0.25) is 0 Å². The maximum atomic E-state index is 2.58. The molecule has 0 aliphatic carbocycles. The molecule has 0 bridgehead atoms. The van der Waals surface area contributed by atoms with Gasteiger partial charge in [-0.3, -0.25) is 0 Å². The number of hydrogen-bond acceptors (Lipinski definition) is 0. The molecule has 0 saturated carbocycles. The average molecular weight is 631 g/mol. The van der Waals surface area contributed by atoms with Crippen LogP contribution in [0.4, 0.5) is 0 Å². The van der Waals surface area contributed by atoms with Gasteiger partial charge in [0.2, 0.25) is 0 Å². The summed E-state index contributed by atoms with van der Waals surface area (Å²) in [5, 5.41) is 12.5. The highest BCUT2D eigenvalue weighted by Crippen LogP contribution is 2.40. The molecule has 0 atom stereocenters. The molecule has 0 radical (unpaired) electrons. The zero-order valence-corrected chi connectivity index (χ0v) is 27.6. The largest absolute Gasteiger partial charge is 0.0622 e. The Balaban J connectivity index is 1.53. The minimum absolute atomic E-state index is 0.747. The average Bonchev–Trinajstić information content (AvgIpc) is 3.12. The van der Waals surface area contributed by atoms with E-state index < -0.39 is 23.8 Å². The van der Waals surface area contributed by atoms with E-state index in [0.717, 1.165) is 0 Å². The molecule has 7 rings (SSSR count). The maximum absolute atomic E-state index is 2.58. The van der Waals surface area contributed by atoms with Crippen LogP contribution in [0.15, 0.2) is 200 Å². The smallest absolute Gasteiger partial charge is 0.00610 e. The van der Waals surface area contributed by atoms with Crippen molar-refractivity contribution in [1.82, 2.24) is 0 Å². The molecule has 7 aromatic carbocycles. The van der Waals surface area contributed by atoms with Crippen LogP contribution in [0.1, 0.15) is 0 Å². The lowest BCUT2D eigenvalue weighted by atomic mass is 10.3. The van der Waals surface area contributed by atoms with Crippen LogP contribution < -0.4 is 47.7 Å². The predicted molar refractivity (Wildman–Crippen MR) is 203 cm³/mol. The summed E-state index contributed by atoms with van der Waals surface area (Å²) in [4.78, 5) is 0. The molecule has 45 heavy (non-hydrogen) atoms. The molecule has 0 N–H and O–H groups in total. The van der Waals surface area contributed by atoms with Crippen molar-refractivity contribution in [1.29, 1.82) is 0 Å². The van der Waals surface area contributed by atoms with Crippen LogP contribution in [-0.2, 0) is 0 Å². The third kappa shape index (κ3) is 6.61. The molecule has 0 nitrogen and oxygen atoms in total. The quantitative estimate of drug-likeness (QED) is 0.151. The summed E-state index contributed by atoms with van der Waals surface area (Å²) >= 11 is 0. The Bertz CT molecular complexity index is 1810. The normalized spacial score (nSPS) is 11.3. The van der Waals surface area contributed by atoms with Crippen molar-refractivity contribution < 1.29 is 0 Å². The molecule has 0 amide bonds. The summed E-state index contributed by atoms with van der Waals surface area (Å²) in [7, 11) is -2.38. The summed E-state index contributed by atoms with van der Waals surface area (Å²) in [6.07, 6.45) is 0. The molecule has 0 fully saturated rings. The van der Waals surface area contributed by atoms with E-state index in [4.69, 9.17) is 0 Å². The van der Waals surface area contributed by atoms with E-state index in [1.54, 1.807) is 0 Å².